The molecule has 0 aliphatic carbocycles. The SMILES string of the molecule is CC(C)=C(CC=CN)C(=O)O. The lowest BCUT2D eigenvalue weighted by Gasteiger charge is -1.99. The molecule has 0 aromatic heterocycles. The molecule has 0 bridgehead atoms. The molecular formula is C8H13NO2. The Bertz CT molecular complexity index is 200. The van der Waals surface area contributed by atoms with E-state index >= 15 is 0 Å². The summed E-state index contributed by atoms with van der Waals surface area (Å²) in [6.45, 7) is 3.54. The van der Waals surface area contributed by atoms with Gasteiger partial charge in [-0.25, -0.2) is 4.79 Å². The van der Waals surface area contributed by atoms with E-state index in [4.69, 9.17) is 10.8 Å². The molecule has 0 atom stereocenters. The first-order valence-corrected chi connectivity index (χ1v) is 3.36. The van der Waals surface area contributed by atoms with Gasteiger partial charge in [0.25, 0.3) is 0 Å². The Morgan fingerprint density at radius 2 is 2.09 bits per heavy atom. The van der Waals surface area contributed by atoms with E-state index < -0.39 is 5.97 Å². The fourth-order valence-corrected chi connectivity index (χ4v) is 0.691. The van der Waals surface area contributed by atoms with E-state index in [0.29, 0.717) is 12.0 Å². The number of carboxylic acids is 1. The summed E-state index contributed by atoms with van der Waals surface area (Å²) in [5, 5.41) is 8.64. The Morgan fingerprint density at radius 3 is 2.36 bits per heavy atom. The number of hydrogen-bond acceptors (Lipinski definition) is 2. The van der Waals surface area contributed by atoms with Gasteiger partial charge in [-0.2, -0.15) is 0 Å². The first-order valence-electron chi connectivity index (χ1n) is 3.36. The van der Waals surface area contributed by atoms with Crippen molar-refractivity contribution in [3.63, 3.8) is 0 Å². The summed E-state index contributed by atoms with van der Waals surface area (Å²) in [7, 11) is 0. The second kappa shape index (κ2) is 4.55. The van der Waals surface area contributed by atoms with Gasteiger partial charge in [0.05, 0.1) is 0 Å². The van der Waals surface area contributed by atoms with Crippen molar-refractivity contribution in [3.05, 3.63) is 23.4 Å². The second-order valence-electron chi connectivity index (χ2n) is 2.42. The number of nitrogens with two attached hydrogens (primary N) is 1. The van der Waals surface area contributed by atoms with Crippen LogP contribution in [0, 0.1) is 0 Å². The van der Waals surface area contributed by atoms with Crippen LogP contribution in [0.1, 0.15) is 20.3 Å². The van der Waals surface area contributed by atoms with E-state index in [-0.39, 0.29) is 0 Å². The van der Waals surface area contributed by atoms with Crippen molar-refractivity contribution in [1.29, 1.82) is 0 Å². The van der Waals surface area contributed by atoms with Crippen LogP contribution >= 0.6 is 0 Å². The fraction of sp³-hybridized carbons (Fsp3) is 0.375. The molecule has 3 heteroatoms. The molecule has 0 saturated heterocycles. The summed E-state index contributed by atoms with van der Waals surface area (Å²) >= 11 is 0. The van der Waals surface area contributed by atoms with E-state index in [1.807, 2.05) is 0 Å². The highest BCUT2D eigenvalue weighted by molar-refractivity contribution is 5.87. The lowest BCUT2D eigenvalue weighted by molar-refractivity contribution is -0.132. The molecular weight excluding hydrogens is 142 g/mol. The second-order valence-corrected chi connectivity index (χ2v) is 2.42. The average molecular weight is 155 g/mol. The lowest BCUT2D eigenvalue weighted by atomic mass is 10.1. The molecule has 3 nitrogen and oxygen atoms in total. The maximum Gasteiger partial charge on any atom is 0.331 e. The molecule has 0 aliphatic rings. The molecule has 0 fully saturated rings. The van der Waals surface area contributed by atoms with Crippen molar-refractivity contribution in [2.75, 3.05) is 0 Å². The quantitative estimate of drug-likeness (QED) is 0.603. The molecule has 0 aromatic rings. The summed E-state index contributed by atoms with van der Waals surface area (Å²) in [4.78, 5) is 10.5. The van der Waals surface area contributed by atoms with Crippen LogP contribution in [0.5, 0.6) is 0 Å². The maximum atomic E-state index is 10.5. The average Bonchev–Trinajstić information content (AvgIpc) is 1.87. The topological polar surface area (TPSA) is 63.3 Å². The maximum absolute atomic E-state index is 10.5. The Labute approximate surface area is 66.2 Å². The van der Waals surface area contributed by atoms with Gasteiger partial charge in [-0.1, -0.05) is 11.6 Å². The van der Waals surface area contributed by atoms with Gasteiger partial charge in [-0.15, -0.1) is 0 Å². The summed E-state index contributed by atoms with van der Waals surface area (Å²) in [5.41, 5.74) is 6.31. The lowest BCUT2D eigenvalue weighted by Crippen LogP contribution is -2.01. The Morgan fingerprint density at radius 1 is 1.55 bits per heavy atom. The summed E-state index contributed by atoms with van der Waals surface area (Å²) in [5.74, 6) is -0.872. The number of aliphatic carboxylic acids is 1. The highest BCUT2D eigenvalue weighted by atomic mass is 16.4. The predicted octanol–water partition coefficient (Wildman–Crippen LogP) is 1.27. The molecule has 62 valence electrons. The molecule has 0 aromatic carbocycles. The molecule has 0 unspecified atom stereocenters. The van der Waals surface area contributed by atoms with E-state index in [2.05, 4.69) is 0 Å². The van der Waals surface area contributed by atoms with Gasteiger partial charge in [-0.3, -0.25) is 0 Å². The van der Waals surface area contributed by atoms with Crippen LogP contribution in [-0.4, -0.2) is 11.1 Å². The molecule has 0 radical (unpaired) electrons. The van der Waals surface area contributed by atoms with Gasteiger partial charge in [0, 0.05) is 5.57 Å². The zero-order valence-corrected chi connectivity index (χ0v) is 6.79. The number of carbonyl (C=O) groups is 1. The first-order chi connectivity index (χ1) is 5.09. The van der Waals surface area contributed by atoms with Crippen molar-refractivity contribution in [3.8, 4) is 0 Å². The van der Waals surface area contributed by atoms with Gasteiger partial charge in [0.2, 0.25) is 0 Å². The van der Waals surface area contributed by atoms with Crippen LogP contribution in [0.25, 0.3) is 0 Å². The third-order valence-corrected chi connectivity index (χ3v) is 1.32. The fourth-order valence-electron chi connectivity index (χ4n) is 0.691. The predicted molar refractivity (Wildman–Crippen MR) is 44.0 cm³/mol. The minimum Gasteiger partial charge on any atom is -0.478 e. The molecule has 0 saturated carbocycles. The monoisotopic (exact) mass is 155 g/mol. The van der Waals surface area contributed by atoms with Crippen molar-refractivity contribution >= 4 is 5.97 Å². The van der Waals surface area contributed by atoms with Crippen molar-refractivity contribution in [1.82, 2.24) is 0 Å². The summed E-state index contributed by atoms with van der Waals surface area (Å²) < 4.78 is 0. The molecule has 0 heterocycles. The Balaban J connectivity index is 4.38. The minimum absolute atomic E-state index is 0.397. The zero-order chi connectivity index (χ0) is 8.85. The molecule has 11 heavy (non-hydrogen) atoms. The van der Waals surface area contributed by atoms with Crippen LogP contribution in [0.4, 0.5) is 0 Å². The third kappa shape index (κ3) is 3.45. The van der Waals surface area contributed by atoms with Crippen LogP contribution in [0.2, 0.25) is 0 Å². The van der Waals surface area contributed by atoms with Gasteiger partial charge >= 0.3 is 5.97 Å². The standard InChI is InChI=1S/C8H13NO2/c1-6(2)7(8(10)11)4-3-5-9/h3,5H,4,9H2,1-2H3,(H,10,11). The van der Waals surface area contributed by atoms with E-state index in [0.717, 1.165) is 5.57 Å². The van der Waals surface area contributed by atoms with Gasteiger partial charge < -0.3 is 10.8 Å². The number of allylic oxidation sites excluding steroid dienone is 2. The summed E-state index contributed by atoms with van der Waals surface area (Å²) in [6, 6.07) is 0. The Kier molecular flexibility index (Phi) is 4.03. The van der Waals surface area contributed by atoms with Crippen molar-refractivity contribution in [2.45, 2.75) is 20.3 Å². The normalized spacial score (nSPS) is 10.0. The van der Waals surface area contributed by atoms with Crippen LogP contribution in [0.3, 0.4) is 0 Å². The molecule has 0 spiro atoms. The van der Waals surface area contributed by atoms with E-state index in [1.54, 1.807) is 19.9 Å². The Hall–Kier alpha value is -1.25. The smallest absolute Gasteiger partial charge is 0.331 e. The molecule has 0 rings (SSSR count). The van der Waals surface area contributed by atoms with Crippen LogP contribution in [0.15, 0.2) is 23.4 Å². The van der Waals surface area contributed by atoms with Crippen LogP contribution < -0.4 is 5.73 Å². The van der Waals surface area contributed by atoms with E-state index in [1.165, 1.54) is 6.20 Å². The highest BCUT2D eigenvalue weighted by Crippen LogP contribution is 2.08. The van der Waals surface area contributed by atoms with Gasteiger partial charge in [0.15, 0.2) is 0 Å². The van der Waals surface area contributed by atoms with E-state index in [9.17, 15) is 4.79 Å². The minimum atomic E-state index is -0.872. The number of carboxylic acid groups (broad SMARTS) is 1. The molecule has 0 amide bonds. The molecule has 3 N–H and O–H groups in total. The van der Waals surface area contributed by atoms with Crippen LogP contribution in [-0.2, 0) is 4.79 Å². The highest BCUT2D eigenvalue weighted by Gasteiger charge is 2.05. The van der Waals surface area contributed by atoms with Crippen molar-refractivity contribution < 1.29 is 9.90 Å². The van der Waals surface area contributed by atoms with Crippen molar-refractivity contribution in [2.24, 2.45) is 5.73 Å². The molecule has 0 aliphatic heterocycles. The zero-order valence-electron chi connectivity index (χ0n) is 6.79. The number of rotatable bonds is 3. The third-order valence-electron chi connectivity index (χ3n) is 1.32. The first kappa shape index (κ1) is 9.75. The van der Waals surface area contributed by atoms with Gasteiger partial charge in [0.1, 0.15) is 0 Å². The largest absolute Gasteiger partial charge is 0.478 e. The summed E-state index contributed by atoms with van der Waals surface area (Å²) in [6.07, 6.45) is 3.37. The number of hydrogen-bond donors (Lipinski definition) is 2. The van der Waals surface area contributed by atoms with Gasteiger partial charge in [-0.05, 0) is 26.5 Å².